The summed E-state index contributed by atoms with van der Waals surface area (Å²) in [5.74, 6) is -0.0332. The van der Waals surface area contributed by atoms with Crippen molar-refractivity contribution in [1.29, 1.82) is 5.26 Å². The number of unbranched alkanes of at least 4 members (excludes halogenated alkanes) is 1. The smallest absolute Gasteiger partial charge is 0.261 e. The largest absolute Gasteiger partial charge is 0.351 e. The van der Waals surface area contributed by atoms with Crippen LogP contribution in [0.5, 0.6) is 0 Å². The zero-order valence-electron chi connectivity index (χ0n) is 8.96. The molecule has 1 amide bonds. The maximum absolute atomic E-state index is 11.6. The Hall–Kier alpha value is -1.34. The van der Waals surface area contributed by atoms with E-state index in [9.17, 15) is 4.79 Å². The van der Waals surface area contributed by atoms with E-state index in [2.05, 4.69) is 5.32 Å². The second-order valence-corrected chi connectivity index (χ2v) is 4.62. The molecule has 0 aliphatic carbocycles. The summed E-state index contributed by atoms with van der Waals surface area (Å²) >= 11 is 1.51. The van der Waals surface area contributed by atoms with Crippen molar-refractivity contribution in [3.8, 4) is 6.07 Å². The van der Waals surface area contributed by atoms with Crippen LogP contribution in [0.15, 0.2) is 6.07 Å². The number of rotatable bonds is 4. The predicted molar refractivity (Wildman–Crippen MR) is 61.0 cm³/mol. The van der Waals surface area contributed by atoms with Crippen LogP contribution in [0.4, 0.5) is 0 Å². The average molecular weight is 222 g/mol. The number of hydrogen-bond donors (Lipinski definition) is 1. The Morgan fingerprint density at radius 1 is 1.60 bits per heavy atom. The van der Waals surface area contributed by atoms with Gasteiger partial charge in [0.15, 0.2) is 0 Å². The zero-order valence-corrected chi connectivity index (χ0v) is 9.78. The summed E-state index contributed by atoms with van der Waals surface area (Å²) < 4.78 is 0. The summed E-state index contributed by atoms with van der Waals surface area (Å²) in [6.45, 7) is 4.58. The molecule has 1 N–H and O–H groups in total. The number of carbonyl (C=O) groups is 1. The molecule has 0 atom stereocenters. The molecule has 4 heteroatoms. The quantitative estimate of drug-likeness (QED) is 0.795. The van der Waals surface area contributed by atoms with Gasteiger partial charge in [0.05, 0.1) is 10.9 Å². The van der Waals surface area contributed by atoms with Gasteiger partial charge in [0.2, 0.25) is 0 Å². The minimum Gasteiger partial charge on any atom is -0.351 e. The summed E-state index contributed by atoms with van der Waals surface area (Å²) in [6.07, 6.45) is 1.20. The first-order valence-corrected chi connectivity index (χ1v) is 5.69. The van der Waals surface area contributed by atoms with Crippen molar-refractivity contribution in [2.75, 3.05) is 6.54 Å². The molecule has 15 heavy (non-hydrogen) atoms. The molecule has 0 radical (unpaired) electrons. The third-order valence-electron chi connectivity index (χ3n) is 2.14. The highest BCUT2D eigenvalue weighted by atomic mass is 32.1. The summed E-state index contributed by atoms with van der Waals surface area (Å²) in [6, 6.07) is 3.95. The lowest BCUT2D eigenvalue weighted by atomic mass is 10.3. The standard InChI is InChI=1S/C11H14N2OS/c1-8-7-10(15-9(8)2)11(14)13-6-4-3-5-12/h7H,3-4,6H2,1-2H3,(H,13,14). The third-order valence-corrected chi connectivity index (χ3v) is 3.29. The second kappa shape index (κ2) is 5.52. The number of hydrogen-bond acceptors (Lipinski definition) is 3. The Bertz CT molecular complexity index is 370. The van der Waals surface area contributed by atoms with Crippen LogP contribution in [0.3, 0.4) is 0 Å². The van der Waals surface area contributed by atoms with Crippen LogP contribution >= 0.6 is 11.3 Å². The van der Waals surface area contributed by atoms with Gasteiger partial charge >= 0.3 is 0 Å². The molecule has 0 unspecified atom stereocenters. The van der Waals surface area contributed by atoms with Gasteiger partial charge in [-0.1, -0.05) is 0 Å². The highest BCUT2D eigenvalue weighted by Crippen LogP contribution is 2.20. The molecule has 0 aliphatic rings. The minimum absolute atomic E-state index is 0.0332. The van der Waals surface area contributed by atoms with Crippen LogP contribution in [0, 0.1) is 25.2 Å². The molecule has 0 saturated carbocycles. The first-order chi connectivity index (χ1) is 7.15. The number of aryl methyl sites for hydroxylation is 2. The van der Waals surface area contributed by atoms with E-state index in [0.717, 1.165) is 10.4 Å². The molecule has 80 valence electrons. The van der Waals surface area contributed by atoms with E-state index in [1.165, 1.54) is 16.2 Å². The molecular weight excluding hydrogens is 208 g/mol. The number of nitrogens with one attached hydrogen (secondary N) is 1. The topological polar surface area (TPSA) is 52.9 Å². The molecule has 0 saturated heterocycles. The highest BCUT2D eigenvalue weighted by molar-refractivity contribution is 7.14. The number of nitrogens with zero attached hydrogens (tertiary/aromatic N) is 1. The van der Waals surface area contributed by atoms with Gasteiger partial charge in [-0.05, 0) is 31.9 Å². The monoisotopic (exact) mass is 222 g/mol. The van der Waals surface area contributed by atoms with E-state index in [-0.39, 0.29) is 5.91 Å². The van der Waals surface area contributed by atoms with Crippen molar-refractivity contribution >= 4 is 17.2 Å². The second-order valence-electron chi connectivity index (χ2n) is 3.37. The van der Waals surface area contributed by atoms with Gasteiger partial charge in [0.1, 0.15) is 0 Å². The van der Waals surface area contributed by atoms with Crippen molar-refractivity contribution in [1.82, 2.24) is 5.32 Å². The number of amides is 1. The zero-order chi connectivity index (χ0) is 11.3. The maximum Gasteiger partial charge on any atom is 0.261 e. The van der Waals surface area contributed by atoms with Crippen molar-refractivity contribution in [2.24, 2.45) is 0 Å². The van der Waals surface area contributed by atoms with Crippen molar-refractivity contribution in [2.45, 2.75) is 26.7 Å². The molecule has 0 aromatic carbocycles. The predicted octanol–water partition coefficient (Wildman–Crippen LogP) is 2.40. The molecule has 0 fully saturated rings. The van der Waals surface area contributed by atoms with Crippen LogP contribution in [-0.2, 0) is 0 Å². The van der Waals surface area contributed by atoms with Crippen LogP contribution in [0.25, 0.3) is 0 Å². The van der Waals surface area contributed by atoms with Crippen LogP contribution in [0.2, 0.25) is 0 Å². The van der Waals surface area contributed by atoms with Crippen LogP contribution < -0.4 is 5.32 Å². The third kappa shape index (κ3) is 3.37. The van der Waals surface area contributed by atoms with E-state index in [0.29, 0.717) is 19.4 Å². The Labute approximate surface area is 93.7 Å². The van der Waals surface area contributed by atoms with Crippen LogP contribution in [-0.4, -0.2) is 12.5 Å². The molecule has 1 heterocycles. The van der Waals surface area contributed by atoms with Gasteiger partial charge in [-0.25, -0.2) is 0 Å². The van der Waals surface area contributed by atoms with Gasteiger partial charge in [-0.2, -0.15) is 5.26 Å². The van der Waals surface area contributed by atoms with E-state index in [4.69, 9.17) is 5.26 Å². The lowest BCUT2D eigenvalue weighted by molar-refractivity contribution is 0.0957. The SMILES string of the molecule is Cc1cc(C(=O)NCCCC#N)sc1C. The van der Waals surface area contributed by atoms with E-state index in [1.807, 2.05) is 26.0 Å². The highest BCUT2D eigenvalue weighted by Gasteiger charge is 2.09. The normalized spacial score (nSPS) is 9.67. The molecule has 1 rings (SSSR count). The van der Waals surface area contributed by atoms with Crippen molar-refractivity contribution in [3.63, 3.8) is 0 Å². The Morgan fingerprint density at radius 3 is 2.87 bits per heavy atom. The number of thiophene rings is 1. The summed E-state index contributed by atoms with van der Waals surface area (Å²) in [5, 5.41) is 11.1. The Balaban J connectivity index is 2.44. The Morgan fingerprint density at radius 2 is 2.33 bits per heavy atom. The van der Waals surface area contributed by atoms with Crippen molar-refractivity contribution in [3.05, 3.63) is 21.4 Å². The molecule has 0 spiro atoms. The fraction of sp³-hybridized carbons (Fsp3) is 0.455. The van der Waals surface area contributed by atoms with Gasteiger partial charge in [0.25, 0.3) is 5.91 Å². The molecule has 0 aliphatic heterocycles. The summed E-state index contributed by atoms with van der Waals surface area (Å²) in [7, 11) is 0. The maximum atomic E-state index is 11.6. The first kappa shape index (κ1) is 11.7. The van der Waals surface area contributed by atoms with Gasteiger partial charge in [-0.15, -0.1) is 11.3 Å². The van der Waals surface area contributed by atoms with E-state index < -0.39 is 0 Å². The van der Waals surface area contributed by atoms with Gasteiger partial charge in [0, 0.05) is 17.8 Å². The van der Waals surface area contributed by atoms with E-state index >= 15 is 0 Å². The fourth-order valence-corrected chi connectivity index (χ4v) is 2.09. The summed E-state index contributed by atoms with van der Waals surface area (Å²) in [5.41, 5.74) is 1.15. The fourth-order valence-electron chi connectivity index (χ4n) is 1.14. The summed E-state index contributed by atoms with van der Waals surface area (Å²) in [4.78, 5) is 13.5. The molecule has 0 bridgehead atoms. The van der Waals surface area contributed by atoms with Crippen molar-refractivity contribution < 1.29 is 4.79 Å². The number of nitriles is 1. The molecule has 1 aromatic rings. The van der Waals surface area contributed by atoms with Crippen LogP contribution in [0.1, 0.15) is 33.0 Å². The van der Waals surface area contributed by atoms with Gasteiger partial charge < -0.3 is 5.32 Å². The van der Waals surface area contributed by atoms with Gasteiger partial charge in [-0.3, -0.25) is 4.79 Å². The van der Waals surface area contributed by atoms with E-state index in [1.54, 1.807) is 0 Å². The molecular formula is C11H14N2OS. The first-order valence-electron chi connectivity index (χ1n) is 4.87. The molecule has 3 nitrogen and oxygen atoms in total. The lowest BCUT2D eigenvalue weighted by Gasteiger charge is -2.00. The minimum atomic E-state index is -0.0332. The Kier molecular flexibility index (Phi) is 4.32. The number of carbonyl (C=O) groups excluding carboxylic acids is 1. The molecule has 1 aromatic heterocycles. The lowest BCUT2D eigenvalue weighted by Crippen LogP contribution is -2.23. The average Bonchev–Trinajstić information content (AvgIpc) is 2.54.